The molecule has 0 aliphatic carbocycles. The predicted octanol–water partition coefficient (Wildman–Crippen LogP) is 4.04. The van der Waals surface area contributed by atoms with E-state index < -0.39 is 0 Å². The topological polar surface area (TPSA) is 96.9 Å². The number of aromatic nitrogens is 2. The molecule has 37 heavy (non-hydrogen) atoms. The van der Waals surface area contributed by atoms with E-state index in [4.69, 9.17) is 9.47 Å². The summed E-state index contributed by atoms with van der Waals surface area (Å²) in [5.41, 5.74) is 4.17. The van der Waals surface area contributed by atoms with Gasteiger partial charge in [0, 0.05) is 41.5 Å². The van der Waals surface area contributed by atoms with Crippen molar-refractivity contribution < 1.29 is 19.1 Å². The number of carbonyl (C=O) groups is 2. The molecule has 10 heteroatoms. The number of methoxy groups -OCH3 is 1. The van der Waals surface area contributed by atoms with Gasteiger partial charge in [-0.1, -0.05) is 12.2 Å². The molecule has 3 aliphatic heterocycles. The largest absolute Gasteiger partial charge is 0.481 e. The van der Waals surface area contributed by atoms with E-state index >= 15 is 0 Å². The predicted molar refractivity (Wildman–Crippen MR) is 143 cm³/mol. The van der Waals surface area contributed by atoms with E-state index in [1.807, 2.05) is 36.4 Å². The van der Waals surface area contributed by atoms with Crippen LogP contribution in [-0.2, 0) is 9.53 Å². The normalized spacial score (nSPS) is 21.9. The van der Waals surface area contributed by atoms with Crippen LogP contribution in [0.1, 0.15) is 12.0 Å². The molecule has 2 aromatic heterocycles. The summed E-state index contributed by atoms with van der Waals surface area (Å²) < 4.78 is 11.0. The second-order valence-electron chi connectivity index (χ2n) is 9.42. The second-order valence-corrected chi connectivity index (χ2v) is 10.4. The molecule has 0 saturated carbocycles. The maximum Gasteiger partial charge on any atom is 0.414 e. The molecule has 1 aromatic carbocycles. The summed E-state index contributed by atoms with van der Waals surface area (Å²) in [7, 11) is 1.61. The van der Waals surface area contributed by atoms with Gasteiger partial charge >= 0.3 is 6.09 Å². The minimum atomic E-state index is -0.345. The van der Waals surface area contributed by atoms with Crippen LogP contribution in [0.25, 0.3) is 17.1 Å². The first kappa shape index (κ1) is 23.7. The Labute approximate surface area is 218 Å². The second kappa shape index (κ2) is 10.0. The van der Waals surface area contributed by atoms with Crippen LogP contribution in [0.5, 0.6) is 5.88 Å². The highest BCUT2D eigenvalue weighted by atomic mass is 32.2. The Bertz CT molecular complexity index is 1400. The number of fused-ring (bicyclic) bond motifs is 2. The quantitative estimate of drug-likeness (QED) is 0.523. The first-order valence-corrected chi connectivity index (χ1v) is 13.3. The highest BCUT2D eigenvalue weighted by Gasteiger charge is 2.35. The first-order chi connectivity index (χ1) is 18.1. The number of pyridine rings is 2. The number of anilines is 2. The van der Waals surface area contributed by atoms with E-state index in [2.05, 4.69) is 32.3 Å². The van der Waals surface area contributed by atoms with Gasteiger partial charge in [0.05, 0.1) is 36.1 Å². The molecule has 1 N–H and O–H groups in total. The molecular formula is C27H27N5O4S. The van der Waals surface area contributed by atoms with Gasteiger partial charge in [0.15, 0.2) is 0 Å². The molecule has 1 unspecified atom stereocenters. The highest BCUT2D eigenvalue weighted by molar-refractivity contribution is 8.00. The number of nitrogens with one attached hydrogen (secondary N) is 1. The molecule has 2 fully saturated rings. The van der Waals surface area contributed by atoms with Crippen molar-refractivity contribution >= 4 is 52.2 Å². The monoisotopic (exact) mass is 517 g/mol. The van der Waals surface area contributed by atoms with Crippen LogP contribution in [0.15, 0.2) is 53.6 Å². The number of carbonyl (C=O) groups excluding carboxylic acids is 2. The number of nitrogens with zero attached hydrogens (tertiary/aromatic N) is 4. The van der Waals surface area contributed by atoms with Gasteiger partial charge in [0.1, 0.15) is 6.10 Å². The SMILES string of the molecule is COc1ccc2nccc(/C=C/C3CCN(C[C@@H]4CN(c5ccc6c(c5)NC(=O)CS6)C(=O)O4)C3)c2n1. The van der Waals surface area contributed by atoms with Crippen LogP contribution < -0.4 is 15.0 Å². The third kappa shape index (κ3) is 4.99. The van der Waals surface area contributed by atoms with Crippen LogP contribution in [0.4, 0.5) is 16.2 Å². The maximum atomic E-state index is 12.6. The van der Waals surface area contributed by atoms with Crippen molar-refractivity contribution in [1.82, 2.24) is 14.9 Å². The molecule has 0 spiro atoms. The van der Waals surface area contributed by atoms with E-state index in [0.717, 1.165) is 52.4 Å². The number of ether oxygens (including phenoxy) is 2. The fraction of sp³-hybridized carbons (Fsp3) is 0.333. The van der Waals surface area contributed by atoms with Crippen LogP contribution in [0.2, 0.25) is 0 Å². The Morgan fingerprint density at radius 1 is 1.22 bits per heavy atom. The molecule has 2 atom stereocenters. The van der Waals surface area contributed by atoms with Gasteiger partial charge in [-0.25, -0.2) is 9.78 Å². The lowest BCUT2D eigenvalue weighted by atomic mass is 10.1. The summed E-state index contributed by atoms with van der Waals surface area (Å²) in [4.78, 5) is 38.4. The molecular weight excluding hydrogens is 490 g/mol. The molecule has 0 bridgehead atoms. The number of benzene rings is 1. The van der Waals surface area contributed by atoms with Gasteiger partial charge in [-0.2, -0.15) is 0 Å². The lowest BCUT2D eigenvalue weighted by molar-refractivity contribution is -0.113. The average molecular weight is 518 g/mol. The Hall–Kier alpha value is -3.63. The van der Waals surface area contributed by atoms with Gasteiger partial charge in [-0.3, -0.25) is 19.6 Å². The number of hydrogen-bond donors (Lipinski definition) is 1. The third-order valence-electron chi connectivity index (χ3n) is 6.90. The fourth-order valence-electron chi connectivity index (χ4n) is 5.06. The molecule has 190 valence electrons. The van der Waals surface area contributed by atoms with Crippen molar-refractivity contribution in [2.45, 2.75) is 17.4 Å². The lowest BCUT2D eigenvalue weighted by Gasteiger charge is -2.20. The number of likely N-dealkylation sites (tertiary alicyclic amines) is 1. The van der Waals surface area contributed by atoms with E-state index in [-0.39, 0.29) is 18.1 Å². The van der Waals surface area contributed by atoms with Crippen molar-refractivity contribution in [3.63, 3.8) is 0 Å². The van der Waals surface area contributed by atoms with E-state index in [1.165, 1.54) is 11.8 Å². The van der Waals surface area contributed by atoms with E-state index in [1.54, 1.807) is 18.2 Å². The summed E-state index contributed by atoms with van der Waals surface area (Å²) in [6.45, 7) is 3.05. The molecule has 6 rings (SSSR count). The van der Waals surface area contributed by atoms with E-state index in [9.17, 15) is 9.59 Å². The highest BCUT2D eigenvalue weighted by Crippen LogP contribution is 2.35. The summed E-state index contributed by atoms with van der Waals surface area (Å²) in [5.74, 6) is 1.36. The zero-order valence-electron chi connectivity index (χ0n) is 20.4. The van der Waals surface area contributed by atoms with Crippen LogP contribution in [0, 0.1) is 5.92 Å². The Morgan fingerprint density at radius 2 is 2.14 bits per heavy atom. The Kier molecular flexibility index (Phi) is 6.43. The molecule has 9 nitrogen and oxygen atoms in total. The first-order valence-electron chi connectivity index (χ1n) is 12.3. The fourth-order valence-corrected chi connectivity index (χ4v) is 5.84. The van der Waals surface area contributed by atoms with E-state index in [0.29, 0.717) is 30.6 Å². The van der Waals surface area contributed by atoms with Crippen LogP contribution in [-0.4, -0.2) is 72.0 Å². The van der Waals surface area contributed by atoms with Gasteiger partial charge in [0.2, 0.25) is 11.8 Å². The van der Waals surface area contributed by atoms with Crippen LogP contribution in [0.3, 0.4) is 0 Å². The minimum absolute atomic E-state index is 0.0257. The zero-order valence-corrected chi connectivity index (χ0v) is 21.2. The number of hydrogen-bond acceptors (Lipinski definition) is 8. The molecule has 2 saturated heterocycles. The number of thioether (sulfide) groups is 1. The molecule has 3 aromatic rings. The van der Waals surface area contributed by atoms with Crippen molar-refractivity contribution in [3.8, 4) is 5.88 Å². The summed E-state index contributed by atoms with van der Waals surface area (Å²) in [5, 5.41) is 2.89. The van der Waals surface area contributed by atoms with Gasteiger partial charge in [-0.05, 0) is 49.2 Å². The van der Waals surface area contributed by atoms with Crippen molar-refractivity contribution in [3.05, 3.63) is 54.2 Å². The summed E-state index contributed by atoms with van der Waals surface area (Å²) in [6.07, 6.45) is 6.66. The maximum absolute atomic E-state index is 12.6. The zero-order chi connectivity index (χ0) is 25.4. The Morgan fingerprint density at radius 3 is 3.03 bits per heavy atom. The molecule has 5 heterocycles. The molecule has 3 aliphatic rings. The third-order valence-corrected chi connectivity index (χ3v) is 7.97. The number of cyclic esters (lactones) is 1. The molecule has 0 radical (unpaired) electrons. The average Bonchev–Trinajstić information content (AvgIpc) is 3.52. The van der Waals surface area contributed by atoms with Crippen molar-refractivity contribution in [2.24, 2.45) is 5.92 Å². The van der Waals surface area contributed by atoms with Gasteiger partial charge < -0.3 is 14.8 Å². The van der Waals surface area contributed by atoms with Gasteiger partial charge in [-0.15, -0.1) is 11.8 Å². The van der Waals surface area contributed by atoms with Crippen LogP contribution >= 0.6 is 11.8 Å². The lowest BCUT2D eigenvalue weighted by Crippen LogP contribution is -2.33. The Balaban J connectivity index is 1.07. The smallest absolute Gasteiger partial charge is 0.414 e. The summed E-state index contributed by atoms with van der Waals surface area (Å²) >= 11 is 1.50. The van der Waals surface area contributed by atoms with Crippen molar-refractivity contribution in [2.75, 3.05) is 49.3 Å². The standard InChI is InChI=1S/C27H27N5O4S/c1-35-25-7-5-21-26(30-25)18(8-10-28-21)3-2-17-9-11-31(13-17)14-20-15-32(27(34)36-20)19-4-6-23-22(12-19)29-24(33)16-37-23/h2-8,10,12,17,20H,9,11,13-16H2,1H3,(H,29,33)/b3-2+/t17?,20-/m1/s1. The van der Waals surface area contributed by atoms with Gasteiger partial charge in [0.25, 0.3) is 0 Å². The molecule has 2 amide bonds. The minimum Gasteiger partial charge on any atom is -0.481 e. The number of amides is 2. The number of rotatable bonds is 6. The van der Waals surface area contributed by atoms with Crippen molar-refractivity contribution in [1.29, 1.82) is 0 Å². The summed E-state index contributed by atoms with van der Waals surface area (Å²) in [6, 6.07) is 11.4.